The first-order valence-electron chi connectivity index (χ1n) is 6.86. The minimum absolute atomic E-state index is 0.146. The minimum Gasteiger partial charge on any atom is -0.497 e. The molecule has 1 aromatic heterocycles. The number of hydrogen-bond acceptors (Lipinski definition) is 5. The summed E-state index contributed by atoms with van der Waals surface area (Å²) in [6.07, 6.45) is 0. The highest BCUT2D eigenvalue weighted by molar-refractivity contribution is 7.14. The zero-order chi connectivity index (χ0) is 15.9. The second-order valence-electron chi connectivity index (χ2n) is 4.73. The summed E-state index contributed by atoms with van der Waals surface area (Å²) in [6, 6.07) is 11.4. The number of anilines is 1. The topological polar surface area (TPSA) is 62.7 Å². The molecule has 1 heterocycles. The quantitative estimate of drug-likeness (QED) is 0.636. The summed E-state index contributed by atoms with van der Waals surface area (Å²) in [7, 11) is 1.61. The largest absolute Gasteiger partial charge is 0.497 e. The number of nitrogens with one attached hydrogen (secondary N) is 2. The van der Waals surface area contributed by atoms with Gasteiger partial charge in [0, 0.05) is 16.6 Å². The molecule has 6 heteroatoms. The van der Waals surface area contributed by atoms with Crippen LogP contribution in [0.5, 0.6) is 5.75 Å². The summed E-state index contributed by atoms with van der Waals surface area (Å²) in [6.45, 7) is 4.06. The lowest BCUT2D eigenvalue weighted by atomic mass is 10.3. The number of hydrogen-bond donors (Lipinski definition) is 2. The summed E-state index contributed by atoms with van der Waals surface area (Å²) >= 11 is 1.65. The van der Waals surface area contributed by atoms with Gasteiger partial charge in [-0.15, -0.1) is 11.3 Å². The van der Waals surface area contributed by atoms with Gasteiger partial charge in [0.2, 0.25) is 0 Å². The number of rotatable bonds is 6. The molecule has 116 valence electrons. The van der Waals surface area contributed by atoms with E-state index in [0.29, 0.717) is 0 Å². The van der Waals surface area contributed by atoms with Crippen molar-refractivity contribution in [3.05, 3.63) is 46.2 Å². The average Bonchev–Trinajstić information content (AvgIpc) is 2.97. The van der Waals surface area contributed by atoms with E-state index in [2.05, 4.69) is 15.8 Å². The van der Waals surface area contributed by atoms with Crippen LogP contribution in [-0.4, -0.2) is 25.3 Å². The molecule has 0 atom stereocenters. The van der Waals surface area contributed by atoms with Gasteiger partial charge < -0.3 is 10.1 Å². The Kier molecular flexibility index (Phi) is 5.55. The van der Waals surface area contributed by atoms with Crippen molar-refractivity contribution < 1.29 is 9.53 Å². The van der Waals surface area contributed by atoms with Crippen molar-refractivity contribution in [1.29, 1.82) is 0 Å². The molecule has 0 radical (unpaired) electrons. The van der Waals surface area contributed by atoms with Gasteiger partial charge in [0.15, 0.2) is 0 Å². The number of ether oxygens (including phenoxy) is 1. The third-order valence-electron chi connectivity index (χ3n) is 2.97. The Hall–Kier alpha value is -2.34. The molecule has 0 unspecified atom stereocenters. The van der Waals surface area contributed by atoms with E-state index in [-0.39, 0.29) is 12.5 Å². The lowest BCUT2D eigenvalue weighted by Gasteiger charge is -2.07. The number of aryl methyl sites for hydroxylation is 1. The first-order valence-corrected chi connectivity index (χ1v) is 7.68. The van der Waals surface area contributed by atoms with E-state index in [1.54, 1.807) is 18.4 Å². The van der Waals surface area contributed by atoms with Gasteiger partial charge in [-0.1, -0.05) is 6.07 Å². The average molecular weight is 317 g/mol. The number of nitrogens with zero attached hydrogens (tertiary/aromatic N) is 1. The number of benzene rings is 1. The molecule has 0 saturated carbocycles. The van der Waals surface area contributed by atoms with Crippen molar-refractivity contribution in [2.75, 3.05) is 19.0 Å². The highest BCUT2D eigenvalue weighted by Gasteiger charge is 2.03. The van der Waals surface area contributed by atoms with E-state index in [9.17, 15) is 4.79 Å². The Bertz CT molecular complexity index is 680. The van der Waals surface area contributed by atoms with Gasteiger partial charge in [-0.2, -0.15) is 5.10 Å². The van der Waals surface area contributed by atoms with Crippen LogP contribution in [-0.2, 0) is 4.79 Å². The van der Waals surface area contributed by atoms with E-state index in [0.717, 1.165) is 22.0 Å². The van der Waals surface area contributed by atoms with Crippen molar-refractivity contribution in [3.8, 4) is 5.75 Å². The molecule has 0 aliphatic rings. The van der Waals surface area contributed by atoms with Gasteiger partial charge in [-0.3, -0.25) is 4.79 Å². The van der Waals surface area contributed by atoms with Gasteiger partial charge in [0.1, 0.15) is 5.75 Å². The fourth-order valence-electron chi connectivity index (χ4n) is 1.79. The van der Waals surface area contributed by atoms with Crippen LogP contribution in [0.2, 0.25) is 0 Å². The van der Waals surface area contributed by atoms with Crippen molar-refractivity contribution in [3.63, 3.8) is 0 Å². The number of amides is 1. The summed E-state index contributed by atoms with van der Waals surface area (Å²) in [5.74, 6) is 0.544. The maximum atomic E-state index is 11.8. The maximum absolute atomic E-state index is 11.8. The molecule has 22 heavy (non-hydrogen) atoms. The van der Waals surface area contributed by atoms with Crippen LogP contribution >= 0.6 is 11.3 Å². The van der Waals surface area contributed by atoms with Gasteiger partial charge in [0.25, 0.3) is 5.91 Å². The molecule has 0 bridgehead atoms. The van der Waals surface area contributed by atoms with E-state index in [4.69, 9.17) is 4.74 Å². The Morgan fingerprint density at radius 2 is 2.14 bits per heavy atom. The second kappa shape index (κ2) is 7.61. The lowest BCUT2D eigenvalue weighted by molar-refractivity contribution is -0.119. The van der Waals surface area contributed by atoms with Crippen LogP contribution in [0.25, 0.3) is 0 Å². The van der Waals surface area contributed by atoms with Crippen LogP contribution in [0.4, 0.5) is 5.69 Å². The number of methoxy groups -OCH3 is 1. The fraction of sp³-hybridized carbons (Fsp3) is 0.250. The zero-order valence-electron chi connectivity index (χ0n) is 12.8. The predicted molar refractivity (Wildman–Crippen MR) is 90.9 cm³/mol. The van der Waals surface area contributed by atoms with Crippen molar-refractivity contribution in [1.82, 2.24) is 5.43 Å². The van der Waals surface area contributed by atoms with E-state index in [1.165, 1.54) is 4.88 Å². The van der Waals surface area contributed by atoms with Crippen LogP contribution in [0.15, 0.2) is 41.5 Å². The summed E-state index contributed by atoms with van der Waals surface area (Å²) in [5, 5.41) is 7.14. The molecular weight excluding hydrogens is 298 g/mol. The van der Waals surface area contributed by atoms with Crippen molar-refractivity contribution >= 4 is 28.6 Å². The fourth-order valence-corrected chi connectivity index (χ4v) is 2.60. The van der Waals surface area contributed by atoms with E-state index in [1.807, 2.05) is 50.2 Å². The normalized spacial score (nSPS) is 11.1. The predicted octanol–water partition coefficient (Wildman–Crippen LogP) is 3.02. The molecule has 5 nitrogen and oxygen atoms in total. The van der Waals surface area contributed by atoms with Crippen LogP contribution in [0.1, 0.15) is 16.7 Å². The lowest BCUT2D eigenvalue weighted by Crippen LogP contribution is -2.26. The van der Waals surface area contributed by atoms with Gasteiger partial charge in [-0.25, -0.2) is 5.43 Å². The third-order valence-corrected chi connectivity index (χ3v) is 4.08. The Morgan fingerprint density at radius 1 is 1.32 bits per heavy atom. The molecule has 0 aliphatic heterocycles. The summed E-state index contributed by atoms with van der Waals surface area (Å²) in [5.41, 5.74) is 4.17. The van der Waals surface area contributed by atoms with Crippen LogP contribution < -0.4 is 15.5 Å². The SMILES string of the molecule is COc1cccc(NCC(=O)N/N=C(/C)c2ccc(C)s2)c1. The Labute approximate surface area is 134 Å². The molecule has 2 aromatic rings. The first-order chi connectivity index (χ1) is 10.6. The van der Waals surface area contributed by atoms with Crippen LogP contribution in [0.3, 0.4) is 0 Å². The molecule has 1 aromatic carbocycles. The van der Waals surface area contributed by atoms with Crippen molar-refractivity contribution in [2.24, 2.45) is 5.10 Å². The van der Waals surface area contributed by atoms with Crippen LogP contribution in [0, 0.1) is 6.92 Å². The molecule has 0 saturated heterocycles. The molecule has 0 fully saturated rings. The van der Waals surface area contributed by atoms with Gasteiger partial charge in [-0.05, 0) is 38.1 Å². The number of thiophene rings is 1. The van der Waals surface area contributed by atoms with Crippen molar-refractivity contribution in [2.45, 2.75) is 13.8 Å². The minimum atomic E-state index is -0.199. The summed E-state index contributed by atoms with van der Waals surface area (Å²) in [4.78, 5) is 14.1. The Balaban J connectivity index is 1.85. The molecular formula is C16H19N3O2S. The second-order valence-corrected chi connectivity index (χ2v) is 6.02. The smallest absolute Gasteiger partial charge is 0.259 e. The third kappa shape index (κ3) is 4.60. The number of carbonyl (C=O) groups excluding carboxylic acids is 1. The van der Waals surface area contributed by atoms with Gasteiger partial charge >= 0.3 is 0 Å². The number of hydrazone groups is 1. The molecule has 2 N–H and O–H groups in total. The maximum Gasteiger partial charge on any atom is 0.259 e. The standard InChI is InChI=1S/C16H19N3O2S/c1-11-7-8-15(22-11)12(2)18-19-16(20)10-17-13-5-4-6-14(9-13)21-3/h4-9,17H,10H2,1-3H3,(H,19,20)/b18-12-. The first kappa shape index (κ1) is 16.0. The molecule has 2 rings (SSSR count). The number of carbonyl (C=O) groups is 1. The Morgan fingerprint density at radius 3 is 2.82 bits per heavy atom. The highest BCUT2D eigenvalue weighted by atomic mass is 32.1. The molecule has 0 aliphatic carbocycles. The summed E-state index contributed by atoms with van der Waals surface area (Å²) < 4.78 is 5.13. The van der Waals surface area contributed by atoms with Gasteiger partial charge in [0.05, 0.1) is 24.2 Å². The van der Waals surface area contributed by atoms with E-state index >= 15 is 0 Å². The van der Waals surface area contributed by atoms with E-state index < -0.39 is 0 Å². The highest BCUT2D eigenvalue weighted by Crippen LogP contribution is 2.16. The molecule has 1 amide bonds. The monoisotopic (exact) mass is 317 g/mol. The zero-order valence-corrected chi connectivity index (χ0v) is 13.7. The molecule has 0 spiro atoms.